The lowest BCUT2D eigenvalue weighted by Crippen LogP contribution is -2.48. The first-order valence-electron chi connectivity index (χ1n) is 11.4. The summed E-state index contributed by atoms with van der Waals surface area (Å²) in [4.78, 5) is 21.0. The Morgan fingerprint density at radius 2 is 1.97 bits per heavy atom. The van der Waals surface area contributed by atoms with Crippen LogP contribution in [0.4, 0.5) is 5.69 Å². The molecule has 0 bridgehead atoms. The van der Waals surface area contributed by atoms with Crippen molar-refractivity contribution in [1.82, 2.24) is 15.5 Å². The molecule has 7 nitrogen and oxygen atoms in total. The van der Waals surface area contributed by atoms with Crippen LogP contribution in [-0.4, -0.2) is 62.6 Å². The lowest BCUT2D eigenvalue weighted by molar-refractivity contribution is -0.120. The van der Waals surface area contributed by atoms with Crippen LogP contribution in [0.2, 0.25) is 0 Å². The Morgan fingerprint density at radius 1 is 1.18 bits per heavy atom. The molecule has 1 unspecified atom stereocenters. The predicted octanol–water partition coefficient (Wildman–Crippen LogP) is 3.09. The Labute approximate surface area is 213 Å². The molecule has 8 heteroatoms. The molecule has 0 aromatic heterocycles. The van der Waals surface area contributed by atoms with Gasteiger partial charge in [0, 0.05) is 31.9 Å². The van der Waals surface area contributed by atoms with Gasteiger partial charge in [-0.1, -0.05) is 36.4 Å². The van der Waals surface area contributed by atoms with E-state index in [9.17, 15) is 4.79 Å². The number of ether oxygens (including phenoxy) is 1. The van der Waals surface area contributed by atoms with Gasteiger partial charge in [-0.2, -0.15) is 0 Å². The van der Waals surface area contributed by atoms with Gasteiger partial charge in [0.05, 0.1) is 26.2 Å². The summed E-state index contributed by atoms with van der Waals surface area (Å²) >= 11 is 0. The lowest BCUT2D eigenvalue weighted by atomic mass is 10.0. The zero-order valence-corrected chi connectivity index (χ0v) is 21.7. The van der Waals surface area contributed by atoms with Crippen LogP contribution < -0.4 is 15.5 Å². The van der Waals surface area contributed by atoms with Gasteiger partial charge in [0.2, 0.25) is 5.91 Å². The topological polar surface area (TPSA) is 69.2 Å². The van der Waals surface area contributed by atoms with Gasteiger partial charge in [0.25, 0.3) is 0 Å². The summed E-state index contributed by atoms with van der Waals surface area (Å²) in [7, 11) is 0. The highest BCUT2D eigenvalue weighted by Gasteiger charge is 2.25. The van der Waals surface area contributed by atoms with E-state index in [2.05, 4.69) is 82.8 Å². The van der Waals surface area contributed by atoms with Gasteiger partial charge in [0.1, 0.15) is 6.10 Å². The zero-order valence-electron chi connectivity index (χ0n) is 19.4. The Bertz CT molecular complexity index is 950. The number of rotatable bonds is 5. The van der Waals surface area contributed by atoms with Gasteiger partial charge >= 0.3 is 0 Å². The summed E-state index contributed by atoms with van der Waals surface area (Å²) in [6.07, 6.45) is 0.0508. The molecule has 2 fully saturated rings. The molecule has 2 saturated heterocycles. The monoisotopic (exact) mass is 563 g/mol. The number of benzene rings is 2. The van der Waals surface area contributed by atoms with E-state index in [-0.39, 0.29) is 36.0 Å². The maximum atomic E-state index is 11.6. The Morgan fingerprint density at radius 3 is 2.70 bits per heavy atom. The number of morpholine rings is 1. The van der Waals surface area contributed by atoms with E-state index in [4.69, 9.17) is 9.73 Å². The summed E-state index contributed by atoms with van der Waals surface area (Å²) in [5.41, 5.74) is 4.73. The van der Waals surface area contributed by atoms with Crippen LogP contribution >= 0.6 is 24.0 Å². The maximum absolute atomic E-state index is 11.6. The number of carbonyl (C=O) groups excluding carboxylic acids is 1. The van der Waals surface area contributed by atoms with Crippen molar-refractivity contribution in [2.24, 2.45) is 4.99 Å². The van der Waals surface area contributed by atoms with Gasteiger partial charge in [0.15, 0.2) is 5.96 Å². The van der Waals surface area contributed by atoms with Crippen molar-refractivity contribution in [2.75, 3.05) is 50.8 Å². The number of hydrogen-bond donors (Lipinski definition) is 2. The van der Waals surface area contributed by atoms with Crippen molar-refractivity contribution in [2.45, 2.75) is 26.5 Å². The van der Waals surface area contributed by atoms with Crippen LogP contribution in [0.5, 0.6) is 0 Å². The molecule has 0 aliphatic carbocycles. The summed E-state index contributed by atoms with van der Waals surface area (Å²) in [5, 5.41) is 6.31. The van der Waals surface area contributed by atoms with Crippen LogP contribution in [0, 0.1) is 6.92 Å². The Hall–Kier alpha value is -2.33. The largest absolute Gasteiger partial charge is 0.370 e. The van der Waals surface area contributed by atoms with Crippen molar-refractivity contribution < 1.29 is 9.53 Å². The third kappa shape index (κ3) is 6.60. The molecule has 0 radical (unpaired) electrons. The zero-order chi connectivity index (χ0) is 22.3. The first-order chi connectivity index (χ1) is 15.6. The minimum absolute atomic E-state index is 0. The Kier molecular flexibility index (Phi) is 9.37. The van der Waals surface area contributed by atoms with E-state index in [1.165, 1.54) is 11.1 Å². The minimum Gasteiger partial charge on any atom is -0.370 e. The van der Waals surface area contributed by atoms with Gasteiger partial charge in [-0.25, -0.2) is 4.99 Å². The van der Waals surface area contributed by atoms with Crippen LogP contribution in [-0.2, 0) is 16.1 Å². The second-order valence-electron chi connectivity index (χ2n) is 8.27. The van der Waals surface area contributed by atoms with Gasteiger partial charge in [-0.05, 0) is 42.7 Å². The van der Waals surface area contributed by atoms with Crippen LogP contribution in [0.25, 0.3) is 0 Å². The molecule has 2 aromatic carbocycles. The van der Waals surface area contributed by atoms with Crippen molar-refractivity contribution >= 4 is 41.5 Å². The van der Waals surface area contributed by atoms with Crippen molar-refractivity contribution in [3.8, 4) is 0 Å². The van der Waals surface area contributed by atoms with E-state index in [1.807, 2.05) is 0 Å². The molecule has 2 aromatic rings. The number of halogens is 1. The number of guanidine groups is 1. The summed E-state index contributed by atoms with van der Waals surface area (Å²) < 4.78 is 6.09. The number of anilines is 1. The highest BCUT2D eigenvalue weighted by molar-refractivity contribution is 14.0. The molecule has 2 aliphatic rings. The molecule has 178 valence electrons. The SMILES string of the molecule is CCNC(=NCc1ccc(N2CCNC(=O)C2)cc1)N1CCOC(c2ccccc2C)C1.I. The van der Waals surface area contributed by atoms with Crippen molar-refractivity contribution in [3.63, 3.8) is 0 Å². The van der Waals surface area contributed by atoms with E-state index < -0.39 is 0 Å². The third-order valence-electron chi connectivity index (χ3n) is 5.99. The summed E-state index contributed by atoms with van der Waals surface area (Å²) in [5.74, 6) is 1.00. The number of hydrogen-bond acceptors (Lipinski definition) is 4. The fraction of sp³-hybridized carbons (Fsp3) is 0.440. The molecule has 2 heterocycles. The van der Waals surface area contributed by atoms with E-state index in [0.29, 0.717) is 26.2 Å². The Balaban J connectivity index is 0.00000306. The fourth-order valence-electron chi connectivity index (χ4n) is 4.24. The van der Waals surface area contributed by atoms with Gasteiger partial charge < -0.3 is 25.2 Å². The van der Waals surface area contributed by atoms with Crippen LogP contribution in [0.3, 0.4) is 0 Å². The highest BCUT2D eigenvalue weighted by atomic mass is 127. The number of aryl methyl sites for hydroxylation is 1. The third-order valence-corrected chi connectivity index (χ3v) is 5.99. The van der Waals surface area contributed by atoms with Crippen molar-refractivity contribution in [1.29, 1.82) is 0 Å². The first kappa shape index (κ1) is 25.3. The average molecular weight is 563 g/mol. The highest BCUT2D eigenvalue weighted by Crippen LogP contribution is 2.25. The summed E-state index contributed by atoms with van der Waals surface area (Å²) in [6.45, 7) is 9.90. The molecule has 1 amide bonds. The fourth-order valence-corrected chi connectivity index (χ4v) is 4.24. The van der Waals surface area contributed by atoms with Gasteiger partial charge in [-0.15, -0.1) is 24.0 Å². The van der Waals surface area contributed by atoms with E-state index >= 15 is 0 Å². The quantitative estimate of drug-likeness (QED) is 0.333. The molecular formula is C25H34IN5O2. The van der Waals surface area contributed by atoms with Gasteiger partial charge in [-0.3, -0.25) is 4.79 Å². The molecule has 0 saturated carbocycles. The number of nitrogens with zero attached hydrogens (tertiary/aromatic N) is 3. The van der Waals surface area contributed by atoms with Crippen LogP contribution in [0.15, 0.2) is 53.5 Å². The average Bonchev–Trinajstić information content (AvgIpc) is 2.82. The molecule has 2 aliphatic heterocycles. The van der Waals surface area contributed by atoms with Crippen LogP contribution in [0.1, 0.15) is 29.7 Å². The van der Waals surface area contributed by atoms with E-state index in [0.717, 1.165) is 43.4 Å². The molecule has 1 atom stereocenters. The van der Waals surface area contributed by atoms with E-state index in [1.54, 1.807) is 0 Å². The predicted molar refractivity (Wildman–Crippen MR) is 143 cm³/mol. The number of amides is 1. The standard InChI is InChI=1S/C25H33N5O2.HI/c1-3-26-25(30-14-15-32-23(17-30)22-7-5-4-6-19(22)2)28-16-20-8-10-21(11-9-20)29-13-12-27-24(31)18-29;/h4-11,23H,3,12-18H2,1-2H3,(H,26,28)(H,27,31);1H. The molecule has 4 rings (SSSR count). The number of piperazine rings is 1. The molecule has 2 N–H and O–H groups in total. The number of aliphatic imine (C=N–C) groups is 1. The van der Waals surface area contributed by atoms with Crippen molar-refractivity contribution in [3.05, 3.63) is 65.2 Å². The second kappa shape index (κ2) is 12.2. The lowest BCUT2D eigenvalue weighted by Gasteiger charge is -2.35. The number of nitrogens with one attached hydrogen (secondary N) is 2. The summed E-state index contributed by atoms with van der Waals surface area (Å²) in [6, 6.07) is 16.8. The minimum atomic E-state index is 0. The smallest absolute Gasteiger partial charge is 0.239 e. The molecule has 0 spiro atoms. The second-order valence-corrected chi connectivity index (χ2v) is 8.27. The first-order valence-corrected chi connectivity index (χ1v) is 11.4. The number of carbonyl (C=O) groups is 1. The molecular weight excluding hydrogens is 529 g/mol. The normalized spacial score (nSPS) is 19.0. The maximum Gasteiger partial charge on any atom is 0.239 e. The molecule has 33 heavy (non-hydrogen) atoms.